The molecule has 2 aromatic rings. The molecule has 0 aliphatic carbocycles. The minimum absolute atomic E-state index is 0.238. The molecule has 2 heterocycles. The zero-order chi connectivity index (χ0) is 16.9. The van der Waals surface area contributed by atoms with Crippen LogP contribution >= 0.6 is 0 Å². The van der Waals surface area contributed by atoms with Gasteiger partial charge >= 0.3 is 6.09 Å². The molecule has 6 heteroatoms. The second-order valence-electron chi connectivity index (χ2n) is 5.55. The Kier molecular flexibility index (Phi) is 4.74. The summed E-state index contributed by atoms with van der Waals surface area (Å²) in [6.45, 7) is 0.763. The van der Waals surface area contributed by atoms with Crippen molar-refractivity contribution in [3.8, 4) is 0 Å². The SMILES string of the molecule is COC(=O)N1CCc2ccccc2[C@@H]1C(=O)NCc1ccccn1. The normalized spacial score (nSPS) is 16.2. The van der Waals surface area contributed by atoms with E-state index in [0.717, 1.165) is 16.8 Å². The number of hydrogen-bond acceptors (Lipinski definition) is 4. The Morgan fingerprint density at radius 1 is 1.25 bits per heavy atom. The predicted molar refractivity (Wildman–Crippen MR) is 88.1 cm³/mol. The summed E-state index contributed by atoms with van der Waals surface area (Å²) >= 11 is 0. The first-order valence-electron chi connectivity index (χ1n) is 7.80. The lowest BCUT2D eigenvalue weighted by molar-refractivity contribution is -0.126. The van der Waals surface area contributed by atoms with Gasteiger partial charge in [0.25, 0.3) is 0 Å². The van der Waals surface area contributed by atoms with E-state index in [1.54, 1.807) is 6.20 Å². The maximum Gasteiger partial charge on any atom is 0.410 e. The van der Waals surface area contributed by atoms with Gasteiger partial charge in [-0.25, -0.2) is 4.79 Å². The van der Waals surface area contributed by atoms with E-state index in [1.165, 1.54) is 12.0 Å². The van der Waals surface area contributed by atoms with Crippen LogP contribution in [0.5, 0.6) is 0 Å². The van der Waals surface area contributed by atoms with Gasteiger partial charge in [0.15, 0.2) is 0 Å². The minimum Gasteiger partial charge on any atom is -0.453 e. The first kappa shape index (κ1) is 16.0. The second-order valence-corrected chi connectivity index (χ2v) is 5.55. The molecule has 2 amide bonds. The van der Waals surface area contributed by atoms with Crippen LogP contribution in [0.15, 0.2) is 48.7 Å². The molecule has 1 aliphatic rings. The molecule has 0 spiro atoms. The predicted octanol–water partition coefficient (Wildman–Crippen LogP) is 2.06. The van der Waals surface area contributed by atoms with Crippen LogP contribution in [0, 0.1) is 0 Å². The number of benzene rings is 1. The Balaban J connectivity index is 1.83. The average molecular weight is 325 g/mol. The van der Waals surface area contributed by atoms with E-state index in [4.69, 9.17) is 4.74 Å². The quantitative estimate of drug-likeness (QED) is 0.938. The molecule has 1 aromatic carbocycles. The average Bonchev–Trinajstić information content (AvgIpc) is 2.65. The summed E-state index contributed by atoms with van der Waals surface area (Å²) in [5, 5.41) is 2.87. The van der Waals surface area contributed by atoms with Crippen molar-refractivity contribution in [3.63, 3.8) is 0 Å². The van der Waals surface area contributed by atoms with Crippen LogP contribution in [0.4, 0.5) is 4.79 Å². The monoisotopic (exact) mass is 325 g/mol. The largest absolute Gasteiger partial charge is 0.453 e. The first-order chi connectivity index (χ1) is 11.7. The van der Waals surface area contributed by atoms with Crippen LogP contribution < -0.4 is 5.32 Å². The zero-order valence-corrected chi connectivity index (χ0v) is 13.4. The molecule has 1 aromatic heterocycles. The number of nitrogens with one attached hydrogen (secondary N) is 1. The lowest BCUT2D eigenvalue weighted by Gasteiger charge is -2.35. The molecule has 3 rings (SSSR count). The maximum absolute atomic E-state index is 12.8. The topological polar surface area (TPSA) is 71.5 Å². The summed E-state index contributed by atoms with van der Waals surface area (Å²) in [6, 6.07) is 12.5. The van der Waals surface area contributed by atoms with Crippen molar-refractivity contribution in [2.24, 2.45) is 0 Å². The van der Waals surface area contributed by atoms with Crippen LogP contribution in [-0.2, 0) is 22.5 Å². The molecule has 6 nitrogen and oxygen atoms in total. The number of fused-ring (bicyclic) bond motifs is 1. The van der Waals surface area contributed by atoms with Crippen molar-refractivity contribution in [2.75, 3.05) is 13.7 Å². The van der Waals surface area contributed by atoms with Gasteiger partial charge in [-0.15, -0.1) is 0 Å². The number of amides is 2. The lowest BCUT2D eigenvalue weighted by Crippen LogP contribution is -2.47. The Bertz CT molecular complexity index is 733. The molecule has 0 saturated carbocycles. The Labute approximate surface area is 140 Å². The first-order valence-corrected chi connectivity index (χ1v) is 7.80. The summed E-state index contributed by atoms with van der Waals surface area (Å²) in [6.07, 6.45) is 1.88. The molecule has 1 atom stereocenters. The third kappa shape index (κ3) is 3.22. The molecular formula is C18H19N3O3. The second kappa shape index (κ2) is 7.12. The number of aromatic nitrogens is 1. The van der Waals surface area contributed by atoms with E-state index in [9.17, 15) is 9.59 Å². The third-order valence-electron chi connectivity index (χ3n) is 4.11. The fraction of sp³-hybridized carbons (Fsp3) is 0.278. The summed E-state index contributed by atoms with van der Waals surface area (Å²) < 4.78 is 4.84. The van der Waals surface area contributed by atoms with Gasteiger partial charge in [0, 0.05) is 12.7 Å². The van der Waals surface area contributed by atoms with Crippen molar-refractivity contribution in [1.82, 2.24) is 15.2 Å². The summed E-state index contributed by atoms with van der Waals surface area (Å²) in [5.74, 6) is -0.238. The zero-order valence-electron chi connectivity index (χ0n) is 13.4. The molecule has 0 radical (unpaired) electrons. The molecule has 0 fully saturated rings. The van der Waals surface area contributed by atoms with E-state index in [1.807, 2.05) is 42.5 Å². The van der Waals surface area contributed by atoms with Gasteiger partial charge in [-0.1, -0.05) is 30.3 Å². The van der Waals surface area contributed by atoms with Gasteiger partial charge in [-0.05, 0) is 29.7 Å². The number of carbonyl (C=O) groups is 2. The van der Waals surface area contributed by atoms with E-state index < -0.39 is 12.1 Å². The highest BCUT2D eigenvalue weighted by molar-refractivity contribution is 5.87. The summed E-state index contributed by atoms with van der Waals surface area (Å²) in [5.41, 5.74) is 2.68. The van der Waals surface area contributed by atoms with E-state index in [-0.39, 0.29) is 5.91 Å². The number of carbonyl (C=O) groups excluding carboxylic acids is 2. The highest BCUT2D eigenvalue weighted by atomic mass is 16.5. The van der Waals surface area contributed by atoms with Crippen LogP contribution in [0.1, 0.15) is 22.9 Å². The molecule has 0 saturated heterocycles. The number of methoxy groups -OCH3 is 1. The fourth-order valence-corrected chi connectivity index (χ4v) is 2.94. The van der Waals surface area contributed by atoms with E-state index in [0.29, 0.717) is 19.5 Å². The standard InChI is InChI=1S/C18H19N3O3/c1-24-18(23)21-11-9-13-6-2-3-8-15(13)16(21)17(22)20-12-14-7-4-5-10-19-14/h2-8,10,16H,9,11-12H2,1H3,(H,20,22)/t16-/m1/s1. The van der Waals surface area contributed by atoms with Crippen molar-refractivity contribution in [3.05, 3.63) is 65.5 Å². The molecule has 1 aliphatic heterocycles. The lowest BCUT2D eigenvalue weighted by atomic mass is 9.92. The molecule has 1 N–H and O–H groups in total. The van der Waals surface area contributed by atoms with Gasteiger partial charge in [-0.2, -0.15) is 0 Å². The van der Waals surface area contributed by atoms with E-state index >= 15 is 0 Å². The van der Waals surface area contributed by atoms with Crippen molar-refractivity contribution in [1.29, 1.82) is 0 Å². The van der Waals surface area contributed by atoms with Crippen LogP contribution in [0.3, 0.4) is 0 Å². The third-order valence-corrected chi connectivity index (χ3v) is 4.11. The van der Waals surface area contributed by atoms with Gasteiger partial charge in [0.05, 0.1) is 19.3 Å². The fourth-order valence-electron chi connectivity index (χ4n) is 2.94. The molecule has 0 unspecified atom stereocenters. The van der Waals surface area contributed by atoms with Gasteiger partial charge in [0.1, 0.15) is 6.04 Å². The molecular weight excluding hydrogens is 306 g/mol. The van der Waals surface area contributed by atoms with E-state index in [2.05, 4.69) is 10.3 Å². The maximum atomic E-state index is 12.8. The van der Waals surface area contributed by atoms with Crippen molar-refractivity contribution < 1.29 is 14.3 Å². The number of nitrogens with zero attached hydrogens (tertiary/aromatic N) is 2. The number of pyridine rings is 1. The summed E-state index contributed by atoms with van der Waals surface area (Å²) in [7, 11) is 1.33. The number of hydrogen-bond donors (Lipinski definition) is 1. The van der Waals surface area contributed by atoms with Gasteiger partial charge < -0.3 is 10.1 Å². The van der Waals surface area contributed by atoms with Crippen molar-refractivity contribution >= 4 is 12.0 Å². The van der Waals surface area contributed by atoms with Crippen molar-refractivity contribution in [2.45, 2.75) is 19.0 Å². The van der Waals surface area contributed by atoms with Crippen LogP contribution in [-0.4, -0.2) is 35.5 Å². The van der Waals surface area contributed by atoms with Crippen LogP contribution in [0.25, 0.3) is 0 Å². The Morgan fingerprint density at radius 2 is 2.04 bits per heavy atom. The smallest absolute Gasteiger partial charge is 0.410 e. The van der Waals surface area contributed by atoms with Gasteiger partial charge in [-0.3, -0.25) is 14.7 Å². The Hall–Kier alpha value is -2.89. The highest BCUT2D eigenvalue weighted by Gasteiger charge is 2.36. The highest BCUT2D eigenvalue weighted by Crippen LogP contribution is 2.30. The minimum atomic E-state index is -0.689. The summed E-state index contributed by atoms with van der Waals surface area (Å²) in [4.78, 5) is 30.5. The van der Waals surface area contributed by atoms with Crippen LogP contribution in [0.2, 0.25) is 0 Å². The molecule has 24 heavy (non-hydrogen) atoms. The molecule has 124 valence electrons. The number of ether oxygens (including phenoxy) is 1. The molecule has 0 bridgehead atoms. The Morgan fingerprint density at radius 3 is 2.79 bits per heavy atom. The van der Waals surface area contributed by atoms with Gasteiger partial charge in [0.2, 0.25) is 5.91 Å². The number of rotatable bonds is 3.